The number of nitrogens with zero attached hydrogens (tertiary/aromatic N) is 2. The van der Waals surface area contributed by atoms with Crippen LogP contribution in [0.1, 0.15) is 18.4 Å². The van der Waals surface area contributed by atoms with Gasteiger partial charge >= 0.3 is 5.69 Å². The van der Waals surface area contributed by atoms with E-state index in [1.54, 1.807) is 12.1 Å². The van der Waals surface area contributed by atoms with Crippen molar-refractivity contribution in [2.75, 3.05) is 13.1 Å². The number of ether oxygens (including phenoxy) is 1. The van der Waals surface area contributed by atoms with Crippen LogP contribution in [0, 0.1) is 17.0 Å². The number of aryl methyl sites for hydroxylation is 1. The second-order valence-electron chi connectivity index (χ2n) is 5.87. The van der Waals surface area contributed by atoms with Gasteiger partial charge in [0.2, 0.25) is 15.8 Å². The van der Waals surface area contributed by atoms with Gasteiger partial charge in [-0.25, -0.2) is 8.42 Å². The van der Waals surface area contributed by atoms with Crippen LogP contribution >= 0.6 is 0 Å². The van der Waals surface area contributed by atoms with Crippen LogP contribution in [0.5, 0.6) is 11.5 Å². The van der Waals surface area contributed by atoms with Crippen LogP contribution in [0.3, 0.4) is 0 Å². The summed E-state index contributed by atoms with van der Waals surface area (Å²) in [5.41, 5.74) is 0.453. The minimum atomic E-state index is -3.72. The lowest BCUT2D eigenvalue weighted by Gasteiger charge is -2.16. The molecule has 0 saturated carbocycles. The number of nitro benzene ring substituents is 1. The van der Waals surface area contributed by atoms with E-state index in [2.05, 4.69) is 0 Å². The van der Waals surface area contributed by atoms with E-state index in [0.717, 1.165) is 24.5 Å². The highest BCUT2D eigenvalue weighted by molar-refractivity contribution is 7.89. The molecule has 1 heterocycles. The van der Waals surface area contributed by atoms with Crippen LogP contribution in [0.4, 0.5) is 5.69 Å². The topological polar surface area (TPSA) is 89.8 Å². The number of benzene rings is 2. The standard InChI is InChI=1S/C17H18N2O5S/c1-13-6-2-3-7-16(13)24-17-9-8-14(12-15(17)19(20)21)25(22,23)18-10-4-5-11-18/h2-3,6-9,12H,4-5,10-11H2,1H3. The molecule has 2 aromatic rings. The third kappa shape index (κ3) is 3.49. The molecule has 0 atom stereocenters. The second-order valence-corrected chi connectivity index (χ2v) is 7.80. The van der Waals surface area contributed by atoms with Crippen molar-refractivity contribution >= 4 is 15.7 Å². The zero-order valence-electron chi connectivity index (χ0n) is 13.7. The molecule has 0 aromatic heterocycles. The van der Waals surface area contributed by atoms with Crippen LogP contribution < -0.4 is 4.74 Å². The molecule has 1 fully saturated rings. The molecule has 0 N–H and O–H groups in total. The van der Waals surface area contributed by atoms with E-state index in [0.29, 0.717) is 18.8 Å². The smallest absolute Gasteiger partial charge is 0.312 e. The molecular weight excluding hydrogens is 344 g/mol. The summed E-state index contributed by atoms with van der Waals surface area (Å²) in [5.74, 6) is 0.500. The molecule has 0 bridgehead atoms. The lowest BCUT2D eigenvalue weighted by atomic mass is 10.2. The Hall–Kier alpha value is -2.45. The monoisotopic (exact) mass is 362 g/mol. The fourth-order valence-electron chi connectivity index (χ4n) is 2.75. The Bertz CT molecular complexity index is 905. The number of hydrogen-bond acceptors (Lipinski definition) is 5. The summed E-state index contributed by atoms with van der Waals surface area (Å²) in [6.07, 6.45) is 1.60. The van der Waals surface area contributed by atoms with Gasteiger partial charge in [0.05, 0.1) is 9.82 Å². The molecule has 8 heteroatoms. The predicted octanol–water partition coefficient (Wildman–Crippen LogP) is 3.48. The average Bonchev–Trinajstić information content (AvgIpc) is 3.12. The van der Waals surface area contributed by atoms with Gasteiger partial charge in [-0.3, -0.25) is 10.1 Å². The molecule has 25 heavy (non-hydrogen) atoms. The Balaban J connectivity index is 1.99. The van der Waals surface area contributed by atoms with E-state index >= 15 is 0 Å². The van der Waals surface area contributed by atoms with Crippen molar-refractivity contribution in [2.24, 2.45) is 0 Å². The highest BCUT2D eigenvalue weighted by Gasteiger charge is 2.30. The fourth-order valence-corrected chi connectivity index (χ4v) is 4.29. The van der Waals surface area contributed by atoms with Crippen LogP contribution in [-0.4, -0.2) is 30.7 Å². The zero-order chi connectivity index (χ0) is 18.0. The van der Waals surface area contributed by atoms with Gasteiger partial charge in [-0.15, -0.1) is 0 Å². The number of sulfonamides is 1. The third-order valence-corrected chi connectivity index (χ3v) is 6.04. The Labute approximate surface area is 146 Å². The number of nitro groups is 1. The van der Waals surface area contributed by atoms with Crippen molar-refractivity contribution in [1.29, 1.82) is 0 Å². The second kappa shape index (κ2) is 6.81. The van der Waals surface area contributed by atoms with Gasteiger partial charge in [0.25, 0.3) is 0 Å². The van der Waals surface area contributed by atoms with Crippen LogP contribution in [0.25, 0.3) is 0 Å². The Morgan fingerprint density at radius 3 is 2.40 bits per heavy atom. The molecule has 0 aliphatic carbocycles. The van der Waals surface area contributed by atoms with E-state index in [1.165, 1.54) is 16.4 Å². The molecule has 1 saturated heterocycles. The third-order valence-electron chi connectivity index (χ3n) is 4.14. The van der Waals surface area contributed by atoms with Gasteiger partial charge in [-0.1, -0.05) is 18.2 Å². The highest BCUT2D eigenvalue weighted by Crippen LogP contribution is 2.35. The maximum absolute atomic E-state index is 12.6. The van der Waals surface area contributed by atoms with E-state index < -0.39 is 14.9 Å². The van der Waals surface area contributed by atoms with E-state index in [-0.39, 0.29) is 16.3 Å². The van der Waals surface area contributed by atoms with Crippen molar-refractivity contribution in [1.82, 2.24) is 4.31 Å². The minimum Gasteiger partial charge on any atom is -0.450 e. The maximum atomic E-state index is 12.6. The summed E-state index contributed by atoms with van der Waals surface area (Å²) in [7, 11) is -3.72. The van der Waals surface area contributed by atoms with Gasteiger partial charge < -0.3 is 4.74 Å². The van der Waals surface area contributed by atoms with Crippen molar-refractivity contribution in [3.63, 3.8) is 0 Å². The zero-order valence-corrected chi connectivity index (χ0v) is 14.5. The highest BCUT2D eigenvalue weighted by atomic mass is 32.2. The summed E-state index contributed by atoms with van der Waals surface area (Å²) in [6.45, 7) is 2.71. The first-order valence-corrected chi connectivity index (χ1v) is 9.35. The summed E-state index contributed by atoms with van der Waals surface area (Å²) in [6, 6.07) is 10.9. The number of hydrogen-bond donors (Lipinski definition) is 0. The first-order valence-electron chi connectivity index (χ1n) is 7.91. The summed E-state index contributed by atoms with van der Waals surface area (Å²) < 4.78 is 32.2. The molecule has 1 aliphatic rings. The molecule has 0 unspecified atom stereocenters. The Morgan fingerprint density at radius 2 is 1.76 bits per heavy atom. The summed E-state index contributed by atoms with van der Waals surface area (Å²) >= 11 is 0. The summed E-state index contributed by atoms with van der Waals surface area (Å²) in [5, 5.41) is 11.4. The van der Waals surface area contributed by atoms with E-state index in [1.807, 2.05) is 19.1 Å². The number of rotatable bonds is 5. The van der Waals surface area contributed by atoms with Crippen molar-refractivity contribution in [3.8, 4) is 11.5 Å². The molecule has 132 valence electrons. The minimum absolute atomic E-state index is 0.0136. The predicted molar refractivity (Wildman–Crippen MR) is 92.3 cm³/mol. The molecule has 1 aliphatic heterocycles. The van der Waals surface area contributed by atoms with Crippen LogP contribution in [0.15, 0.2) is 47.4 Å². The molecule has 0 spiro atoms. The lowest BCUT2D eigenvalue weighted by molar-refractivity contribution is -0.385. The van der Waals surface area contributed by atoms with Gasteiger partial charge in [-0.2, -0.15) is 4.31 Å². The van der Waals surface area contributed by atoms with Crippen molar-refractivity contribution in [3.05, 3.63) is 58.1 Å². The number of para-hydroxylation sites is 1. The fraction of sp³-hybridized carbons (Fsp3) is 0.294. The van der Waals surface area contributed by atoms with Gasteiger partial charge in [0, 0.05) is 19.2 Å². The SMILES string of the molecule is Cc1ccccc1Oc1ccc(S(=O)(=O)N2CCCC2)cc1[N+](=O)[O-]. The first kappa shape index (κ1) is 17.4. The van der Waals surface area contributed by atoms with Gasteiger partial charge in [0.15, 0.2) is 0 Å². The average molecular weight is 362 g/mol. The van der Waals surface area contributed by atoms with E-state index in [9.17, 15) is 18.5 Å². The molecule has 0 amide bonds. The van der Waals surface area contributed by atoms with Gasteiger partial charge in [0.1, 0.15) is 5.75 Å². The van der Waals surface area contributed by atoms with Crippen LogP contribution in [-0.2, 0) is 10.0 Å². The summed E-state index contributed by atoms with van der Waals surface area (Å²) in [4.78, 5) is 10.7. The first-order chi connectivity index (χ1) is 11.9. The lowest BCUT2D eigenvalue weighted by Crippen LogP contribution is -2.27. The van der Waals surface area contributed by atoms with Crippen LogP contribution in [0.2, 0.25) is 0 Å². The normalized spacial score (nSPS) is 15.2. The molecule has 7 nitrogen and oxygen atoms in total. The molecular formula is C17H18N2O5S. The van der Waals surface area contributed by atoms with Crippen molar-refractivity contribution in [2.45, 2.75) is 24.7 Å². The Morgan fingerprint density at radius 1 is 1.08 bits per heavy atom. The maximum Gasteiger partial charge on any atom is 0.312 e. The van der Waals surface area contributed by atoms with E-state index in [4.69, 9.17) is 4.74 Å². The molecule has 2 aromatic carbocycles. The molecule has 3 rings (SSSR count). The largest absolute Gasteiger partial charge is 0.450 e. The van der Waals surface area contributed by atoms with Crippen molar-refractivity contribution < 1.29 is 18.1 Å². The van der Waals surface area contributed by atoms with Gasteiger partial charge in [-0.05, 0) is 43.5 Å². The molecule has 0 radical (unpaired) electrons. The quantitative estimate of drug-likeness (QED) is 0.600. The Kier molecular flexibility index (Phi) is 4.73.